The van der Waals surface area contributed by atoms with Crippen LogP contribution >= 0.6 is 15.9 Å². The predicted molar refractivity (Wildman–Crippen MR) is 127 cm³/mol. The fraction of sp³-hybridized carbons (Fsp3) is 0.333. The third kappa shape index (κ3) is 4.37. The Balaban J connectivity index is 1.09. The number of carbonyl (C=O) groups is 1. The number of anilines is 1. The molecule has 4 aromatic rings. The van der Waals surface area contributed by atoms with Gasteiger partial charge in [-0.2, -0.15) is 5.10 Å². The third-order valence-corrected chi connectivity index (χ3v) is 6.75. The smallest absolute Gasteiger partial charge is 0.235 e. The first-order chi connectivity index (χ1) is 16.5. The molecule has 0 spiro atoms. The number of ether oxygens (including phenoxy) is 1. The van der Waals surface area contributed by atoms with Crippen LogP contribution in [0.25, 0.3) is 5.65 Å². The molecule has 1 N–H and O–H groups in total. The summed E-state index contributed by atoms with van der Waals surface area (Å²) in [6.07, 6.45) is 10.6. The Bertz CT molecular complexity index is 1400. The number of hydrogen-bond donors (Lipinski definition) is 1. The van der Waals surface area contributed by atoms with Crippen molar-refractivity contribution >= 4 is 33.2 Å². The van der Waals surface area contributed by atoms with Crippen molar-refractivity contribution in [1.82, 2.24) is 29.5 Å². The van der Waals surface area contributed by atoms with Gasteiger partial charge in [0, 0.05) is 42.2 Å². The molecule has 2 unspecified atom stereocenters. The zero-order valence-electron chi connectivity index (χ0n) is 18.5. The van der Waals surface area contributed by atoms with Crippen LogP contribution in [0.15, 0.2) is 47.5 Å². The number of amides is 1. The largest absolute Gasteiger partial charge is 0.470 e. The molecule has 0 bridgehead atoms. The highest BCUT2D eigenvalue weighted by Gasteiger charge is 2.46. The van der Waals surface area contributed by atoms with Crippen molar-refractivity contribution in [2.24, 2.45) is 5.92 Å². The van der Waals surface area contributed by atoms with Gasteiger partial charge in [0.25, 0.3) is 0 Å². The van der Waals surface area contributed by atoms with Crippen molar-refractivity contribution < 1.29 is 9.53 Å². The van der Waals surface area contributed by atoms with E-state index in [1.807, 2.05) is 23.6 Å². The van der Waals surface area contributed by atoms with E-state index in [0.29, 0.717) is 17.5 Å². The van der Waals surface area contributed by atoms with E-state index >= 15 is 0 Å². The molecule has 6 rings (SSSR count). The molecule has 10 heteroatoms. The summed E-state index contributed by atoms with van der Waals surface area (Å²) in [5.41, 5.74) is 4.40. The molecular formula is C24H22BrN7O2. The molecule has 2 aliphatic carbocycles. The number of fused-ring (bicyclic) bond motifs is 1. The number of pyridine rings is 1. The molecule has 0 aliphatic heterocycles. The summed E-state index contributed by atoms with van der Waals surface area (Å²) in [6.45, 7) is 2.16. The minimum Gasteiger partial charge on any atom is -0.470 e. The summed E-state index contributed by atoms with van der Waals surface area (Å²) in [6, 6.07) is 5.67. The van der Waals surface area contributed by atoms with Crippen molar-refractivity contribution in [2.45, 2.75) is 44.6 Å². The van der Waals surface area contributed by atoms with E-state index in [-0.39, 0.29) is 24.3 Å². The van der Waals surface area contributed by atoms with Gasteiger partial charge in [-0.15, -0.1) is 5.10 Å². The van der Waals surface area contributed by atoms with Crippen molar-refractivity contribution in [3.8, 4) is 5.88 Å². The van der Waals surface area contributed by atoms with Crippen LogP contribution in [0, 0.1) is 12.8 Å². The molecule has 2 aliphatic rings. The van der Waals surface area contributed by atoms with Gasteiger partial charge in [-0.25, -0.2) is 15.0 Å². The van der Waals surface area contributed by atoms with Gasteiger partial charge >= 0.3 is 0 Å². The highest BCUT2D eigenvalue weighted by atomic mass is 79.9. The van der Waals surface area contributed by atoms with E-state index in [1.165, 1.54) is 24.6 Å². The van der Waals surface area contributed by atoms with Gasteiger partial charge in [-0.1, -0.05) is 0 Å². The molecule has 4 aromatic heterocycles. The SMILES string of the molecule is Cc1ccnc(C2CC2C(=O)Nc2cnnc(OCc3cn4cc(C5CC5)cc(Br)c4n3)c2)n1. The lowest BCUT2D eigenvalue weighted by atomic mass is 10.2. The maximum absolute atomic E-state index is 12.7. The molecule has 1 amide bonds. The Morgan fingerprint density at radius 2 is 2.15 bits per heavy atom. The van der Waals surface area contributed by atoms with Crippen molar-refractivity contribution in [1.29, 1.82) is 0 Å². The number of imidazole rings is 1. The molecule has 0 saturated heterocycles. The van der Waals surface area contributed by atoms with Crippen LogP contribution in [-0.4, -0.2) is 35.5 Å². The zero-order chi connectivity index (χ0) is 23.2. The van der Waals surface area contributed by atoms with Gasteiger partial charge in [0.1, 0.15) is 12.4 Å². The lowest BCUT2D eigenvalue weighted by Gasteiger charge is -2.07. The number of rotatable bonds is 7. The number of halogens is 1. The summed E-state index contributed by atoms with van der Waals surface area (Å²) in [4.78, 5) is 26.1. The van der Waals surface area contributed by atoms with E-state index in [2.05, 4.69) is 58.7 Å². The number of aromatic nitrogens is 6. The number of nitrogens with one attached hydrogen (secondary N) is 1. The second-order valence-electron chi connectivity index (χ2n) is 8.92. The molecule has 0 radical (unpaired) electrons. The van der Waals surface area contributed by atoms with Gasteiger partial charge in [-0.3, -0.25) is 4.79 Å². The average Bonchev–Trinajstić information content (AvgIpc) is 3.74. The first-order valence-electron chi connectivity index (χ1n) is 11.3. The van der Waals surface area contributed by atoms with Crippen LogP contribution in [0.4, 0.5) is 5.69 Å². The summed E-state index contributed by atoms with van der Waals surface area (Å²) >= 11 is 3.63. The van der Waals surface area contributed by atoms with Gasteiger partial charge in [0.05, 0.1) is 22.1 Å². The number of hydrogen-bond acceptors (Lipinski definition) is 7. The van der Waals surface area contributed by atoms with Crippen molar-refractivity contribution in [3.05, 3.63) is 70.2 Å². The summed E-state index contributed by atoms with van der Waals surface area (Å²) < 4.78 is 8.82. The Morgan fingerprint density at radius 1 is 1.26 bits per heavy atom. The van der Waals surface area contributed by atoms with Crippen LogP contribution in [0.5, 0.6) is 5.88 Å². The summed E-state index contributed by atoms with van der Waals surface area (Å²) in [5.74, 6) is 1.54. The fourth-order valence-electron chi connectivity index (χ4n) is 4.12. The average molecular weight is 520 g/mol. The predicted octanol–water partition coefficient (Wildman–Crippen LogP) is 4.18. The van der Waals surface area contributed by atoms with E-state index in [9.17, 15) is 4.79 Å². The zero-order valence-corrected chi connectivity index (χ0v) is 20.1. The second-order valence-corrected chi connectivity index (χ2v) is 9.78. The second kappa shape index (κ2) is 8.43. The lowest BCUT2D eigenvalue weighted by molar-refractivity contribution is -0.117. The molecule has 4 heterocycles. The molecule has 0 aromatic carbocycles. The van der Waals surface area contributed by atoms with Crippen molar-refractivity contribution in [2.75, 3.05) is 5.32 Å². The molecule has 2 atom stereocenters. The Morgan fingerprint density at radius 3 is 2.97 bits per heavy atom. The van der Waals surface area contributed by atoms with Crippen LogP contribution in [0.3, 0.4) is 0 Å². The fourth-order valence-corrected chi connectivity index (χ4v) is 4.68. The lowest BCUT2D eigenvalue weighted by Crippen LogP contribution is -2.15. The quantitative estimate of drug-likeness (QED) is 0.390. The van der Waals surface area contributed by atoms with Gasteiger partial charge in [0.2, 0.25) is 11.8 Å². The van der Waals surface area contributed by atoms with Crippen LogP contribution in [0.2, 0.25) is 0 Å². The molecular weight excluding hydrogens is 498 g/mol. The van der Waals surface area contributed by atoms with Crippen LogP contribution < -0.4 is 10.1 Å². The number of carbonyl (C=O) groups excluding carboxylic acids is 1. The minimum absolute atomic E-state index is 0.0558. The molecule has 172 valence electrons. The summed E-state index contributed by atoms with van der Waals surface area (Å²) in [5, 5.41) is 10.9. The number of nitrogens with zero attached hydrogens (tertiary/aromatic N) is 6. The minimum atomic E-state index is -0.142. The van der Waals surface area contributed by atoms with E-state index in [4.69, 9.17) is 4.74 Å². The molecule has 2 saturated carbocycles. The monoisotopic (exact) mass is 519 g/mol. The van der Waals surface area contributed by atoms with Crippen molar-refractivity contribution in [3.63, 3.8) is 0 Å². The summed E-state index contributed by atoms with van der Waals surface area (Å²) in [7, 11) is 0. The van der Waals surface area contributed by atoms with E-state index < -0.39 is 0 Å². The molecule has 9 nitrogen and oxygen atoms in total. The third-order valence-electron chi connectivity index (χ3n) is 6.17. The number of aryl methyl sites for hydroxylation is 1. The highest BCUT2D eigenvalue weighted by molar-refractivity contribution is 9.10. The Labute approximate surface area is 204 Å². The van der Waals surface area contributed by atoms with Gasteiger partial charge < -0.3 is 14.5 Å². The Hall–Kier alpha value is -3.40. The van der Waals surface area contributed by atoms with Gasteiger partial charge in [-0.05, 0) is 65.7 Å². The maximum Gasteiger partial charge on any atom is 0.235 e. The topological polar surface area (TPSA) is 107 Å². The van der Waals surface area contributed by atoms with E-state index in [0.717, 1.165) is 33.8 Å². The van der Waals surface area contributed by atoms with Crippen LogP contribution in [-0.2, 0) is 11.4 Å². The first kappa shape index (κ1) is 21.2. The van der Waals surface area contributed by atoms with E-state index in [1.54, 1.807) is 12.3 Å². The standard InChI is InChI=1S/C24H22BrN7O2/c1-13-4-5-26-22(28-13)18-8-19(18)24(33)30-16-7-21(31-27-9-16)34-12-17-11-32-10-15(14-2-3-14)6-20(25)23(32)29-17/h4-7,9-11,14,18-19H,2-3,8,12H2,1H3,(H,30,31,33). The molecule has 2 fully saturated rings. The normalized spacial score (nSPS) is 19.2. The highest BCUT2D eigenvalue weighted by Crippen LogP contribution is 2.46. The maximum atomic E-state index is 12.7. The first-order valence-corrected chi connectivity index (χ1v) is 12.1. The van der Waals surface area contributed by atoms with Gasteiger partial charge in [0.15, 0.2) is 5.65 Å². The molecule has 34 heavy (non-hydrogen) atoms. The van der Waals surface area contributed by atoms with Crippen LogP contribution in [0.1, 0.15) is 53.9 Å². The Kier molecular flexibility index (Phi) is 5.24.